The SMILES string of the molecule is CC(C)(C)c1ccc2c(c1)NC(=O)CC2CC(=O)O. The number of carboxylic acids is 1. The van der Waals surface area contributed by atoms with Crippen molar-refractivity contribution in [1.82, 2.24) is 0 Å². The Morgan fingerprint density at radius 1 is 1.42 bits per heavy atom. The summed E-state index contributed by atoms with van der Waals surface area (Å²) in [6, 6.07) is 5.93. The molecule has 2 N–H and O–H groups in total. The second-order valence-corrected chi connectivity index (χ2v) is 6.10. The minimum absolute atomic E-state index is 0.000497. The lowest BCUT2D eigenvalue weighted by molar-refractivity contribution is -0.137. The number of fused-ring (bicyclic) bond motifs is 1. The van der Waals surface area contributed by atoms with Crippen LogP contribution < -0.4 is 5.32 Å². The van der Waals surface area contributed by atoms with E-state index in [2.05, 4.69) is 26.1 Å². The number of aliphatic carboxylic acids is 1. The zero-order chi connectivity index (χ0) is 14.2. The van der Waals surface area contributed by atoms with E-state index in [1.165, 1.54) is 0 Å². The molecule has 2 rings (SSSR count). The molecule has 4 nitrogen and oxygen atoms in total. The van der Waals surface area contributed by atoms with Crippen LogP contribution in [0.2, 0.25) is 0 Å². The van der Waals surface area contributed by atoms with E-state index in [-0.39, 0.29) is 30.1 Å². The smallest absolute Gasteiger partial charge is 0.303 e. The number of amides is 1. The molecule has 19 heavy (non-hydrogen) atoms. The Morgan fingerprint density at radius 3 is 2.68 bits per heavy atom. The number of nitrogens with one attached hydrogen (secondary N) is 1. The first-order chi connectivity index (χ1) is 8.77. The van der Waals surface area contributed by atoms with Gasteiger partial charge in [0.25, 0.3) is 0 Å². The van der Waals surface area contributed by atoms with Crippen LogP contribution in [0.4, 0.5) is 5.69 Å². The number of hydrogen-bond acceptors (Lipinski definition) is 2. The van der Waals surface area contributed by atoms with Crippen LogP contribution in [0.5, 0.6) is 0 Å². The number of carbonyl (C=O) groups excluding carboxylic acids is 1. The lowest BCUT2D eigenvalue weighted by Crippen LogP contribution is -2.25. The van der Waals surface area contributed by atoms with Crippen LogP contribution in [0.3, 0.4) is 0 Å². The largest absolute Gasteiger partial charge is 0.481 e. The first-order valence-electron chi connectivity index (χ1n) is 6.43. The summed E-state index contributed by atoms with van der Waals surface area (Å²) in [5, 5.41) is 11.8. The lowest BCUT2D eigenvalue weighted by atomic mass is 9.82. The summed E-state index contributed by atoms with van der Waals surface area (Å²) in [7, 11) is 0. The minimum atomic E-state index is -0.870. The van der Waals surface area contributed by atoms with Crippen molar-refractivity contribution < 1.29 is 14.7 Å². The second kappa shape index (κ2) is 4.68. The van der Waals surface area contributed by atoms with Crippen molar-refractivity contribution in [2.75, 3.05) is 5.32 Å². The molecule has 0 saturated carbocycles. The van der Waals surface area contributed by atoms with Gasteiger partial charge in [-0.05, 0) is 22.6 Å². The summed E-state index contributed by atoms with van der Waals surface area (Å²) >= 11 is 0. The fraction of sp³-hybridized carbons (Fsp3) is 0.467. The highest BCUT2D eigenvalue weighted by Crippen LogP contribution is 2.37. The molecule has 1 aromatic rings. The van der Waals surface area contributed by atoms with Gasteiger partial charge in [0.15, 0.2) is 0 Å². The van der Waals surface area contributed by atoms with E-state index in [1.807, 2.05) is 18.2 Å². The van der Waals surface area contributed by atoms with Crippen LogP contribution in [0.1, 0.15) is 50.7 Å². The van der Waals surface area contributed by atoms with Crippen molar-refractivity contribution >= 4 is 17.6 Å². The molecule has 0 radical (unpaired) electrons. The van der Waals surface area contributed by atoms with Gasteiger partial charge in [0.2, 0.25) is 5.91 Å². The van der Waals surface area contributed by atoms with Crippen LogP contribution in [0.15, 0.2) is 18.2 Å². The average molecular weight is 261 g/mol. The number of benzene rings is 1. The van der Waals surface area contributed by atoms with Crippen molar-refractivity contribution in [2.45, 2.75) is 44.9 Å². The molecule has 0 aromatic heterocycles. The number of anilines is 1. The van der Waals surface area contributed by atoms with E-state index < -0.39 is 5.97 Å². The van der Waals surface area contributed by atoms with Crippen molar-refractivity contribution in [3.05, 3.63) is 29.3 Å². The van der Waals surface area contributed by atoms with Crippen LogP contribution in [0.25, 0.3) is 0 Å². The van der Waals surface area contributed by atoms with Crippen LogP contribution in [0, 0.1) is 0 Å². The molecule has 4 heteroatoms. The third kappa shape index (κ3) is 2.95. The van der Waals surface area contributed by atoms with E-state index in [9.17, 15) is 9.59 Å². The maximum Gasteiger partial charge on any atom is 0.303 e. The molecule has 0 bridgehead atoms. The molecule has 1 aliphatic rings. The Hall–Kier alpha value is -1.84. The van der Waals surface area contributed by atoms with E-state index in [0.29, 0.717) is 0 Å². The monoisotopic (exact) mass is 261 g/mol. The van der Waals surface area contributed by atoms with Gasteiger partial charge >= 0.3 is 5.97 Å². The molecule has 0 saturated heterocycles. The first-order valence-corrected chi connectivity index (χ1v) is 6.43. The van der Waals surface area contributed by atoms with Gasteiger partial charge in [0.1, 0.15) is 0 Å². The summed E-state index contributed by atoms with van der Waals surface area (Å²) < 4.78 is 0. The fourth-order valence-electron chi connectivity index (χ4n) is 2.41. The summed E-state index contributed by atoms with van der Waals surface area (Å²) in [5.41, 5.74) is 2.81. The zero-order valence-corrected chi connectivity index (χ0v) is 11.5. The van der Waals surface area contributed by atoms with Gasteiger partial charge in [-0.1, -0.05) is 32.9 Å². The predicted octanol–water partition coefficient (Wildman–Crippen LogP) is 2.88. The maximum absolute atomic E-state index is 11.7. The number of carboxylic acid groups (broad SMARTS) is 1. The molecule has 1 atom stereocenters. The molecule has 1 unspecified atom stereocenters. The molecule has 0 aliphatic carbocycles. The first kappa shape index (κ1) is 13.6. The molecule has 1 aliphatic heterocycles. The Bertz CT molecular complexity index is 529. The lowest BCUT2D eigenvalue weighted by Gasteiger charge is -2.27. The molecule has 102 valence electrons. The highest BCUT2D eigenvalue weighted by Gasteiger charge is 2.28. The quantitative estimate of drug-likeness (QED) is 0.860. The van der Waals surface area contributed by atoms with Crippen molar-refractivity contribution in [3.8, 4) is 0 Å². The summed E-state index contributed by atoms with van der Waals surface area (Å²) in [6.07, 6.45) is 0.240. The molecular weight excluding hydrogens is 242 g/mol. The molecule has 1 aromatic carbocycles. The van der Waals surface area contributed by atoms with E-state index in [1.54, 1.807) is 0 Å². The Labute approximate surface area is 112 Å². The van der Waals surface area contributed by atoms with Gasteiger partial charge in [-0.2, -0.15) is 0 Å². The third-order valence-corrected chi connectivity index (χ3v) is 3.49. The third-order valence-electron chi connectivity index (χ3n) is 3.49. The molecule has 1 amide bonds. The van der Waals surface area contributed by atoms with E-state index in [4.69, 9.17) is 5.11 Å². The number of hydrogen-bond donors (Lipinski definition) is 2. The number of carbonyl (C=O) groups is 2. The zero-order valence-electron chi connectivity index (χ0n) is 11.5. The molecular formula is C15H19NO3. The van der Waals surface area contributed by atoms with Crippen molar-refractivity contribution in [3.63, 3.8) is 0 Å². The van der Waals surface area contributed by atoms with Crippen molar-refractivity contribution in [2.24, 2.45) is 0 Å². The maximum atomic E-state index is 11.7. The topological polar surface area (TPSA) is 66.4 Å². The predicted molar refractivity (Wildman–Crippen MR) is 73.4 cm³/mol. The van der Waals surface area contributed by atoms with Gasteiger partial charge in [-0.15, -0.1) is 0 Å². The Balaban J connectivity index is 2.41. The minimum Gasteiger partial charge on any atom is -0.481 e. The fourth-order valence-corrected chi connectivity index (χ4v) is 2.41. The number of rotatable bonds is 2. The highest BCUT2D eigenvalue weighted by atomic mass is 16.4. The summed E-state index contributed by atoms with van der Waals surface area (Å²) in [4.78, 5) is 22.6. The van der Waals surface area contributed by atoms with Gasteiger partial charge in [-0.25, -0.2) is 0 Å². The normalized spacial score (nSPS) is 18.7. The van der Waals surface area contributed by atoms with Gasteiger partial charge in [0, 0.05) is 18.0 Å². The standard InChI is InChI=1S/C15H19NO3/c1-15(2,3)10-4-5-11-9(7-14(18)19)6-13(17)16-12(11)8-10/h4-5,8-9H,6-7H2,1-3H3,(H,16,17)(H,18,19). The average Bonchev–Trinajstić information content (AvgIpc) is 2.25. The summed E-state index contributed by atoms with van der Waals surface area (Å²) in [6.45, 7) is 6.32. The van der Waals surface area contributed by atoms with Crippen LogP contribution in [-0.4, -0.2) is 17.0 Å². The molecule has 0 spiro atoms. The van der Waals surface area contributed by atoms with E-state index in [0.717, 1.165) is 16.8 Å². The van der Waals surface area contributed by atoms with Crippen LogP contribution >= 0.6 is 0 Å². The molecule has 1 heterocycles. The Kier molecular flexibility index (Phi) is 3.35. The van der Waals surface area contributed by atoms with Crippen molar-refractivity contribution in [1.29, 1.82) is 0 Å². The molecule has 0 fully saturated rings. The van der Waals surface area contributed by atoms with Gasteiger partial charge < -0.3 is 10.4 Å². The highest BCUT2D eigenvalue weighted by molar-refractivity contribution is 5.95. The van der Waals surface area contributed by atoms with Gasteiger partial charge in [-0.3, -0.25) is 9.59 Å². The second-order valence-electron chi connectivity index (χ2n) is 6.10. The van der Waals surface area contributed by atoms with E-state index >= 15 is 0 Å². The van der Waals surface area contributed by atoms with Crippen LogP contribution in [-0.2, 0) is 15.0 Å². The summed E-state index contributed by atoms with van der Waals surface area (Å²) in [5.74, 6) is -1.20. The van der Waals surface area contributed by atoms with Gasteiger partial charge in [0.05, 0.1) is 6.42 Å². The Morgan fingerprint density at radius 2 is 2.11 bits per heavy atom.